The Hall–Kier alpha value is -1.89. The highest BCUT2D eigenvalue weighted by Gasteiger charge is 2.06. The van der Waals surface area contributed by atoms with Gasteiger partial charge in [-0.25, -0.2) is 4.98 Å². The highest BCUT2D eigenvalue weighted by Crippen LogP contribution is 2.20. The van der Waals surface area contributed by atoms with Gasteiger partial charge in [0.15, 0.2) is 5.13 Å². The molecule has 2 rings (SSSR count). The normalized spacial score (nSPS) is 10.2. The molecule has 2 N–H and O–H groups in total. The second kappa shape index (κ2) is 5.44. The van der Waals surface area contributed by atoms with E-state index in [1.54, 1.807) is 12.4 Å². The molecule has 0 aliphatic rings. The molecule has 90 valence electrons. The van der Waals surface area contributed by atoms with Crippen LogP contribution in [0.2, 0.25) is 0 Å². The summed E-state index contributed by atoms with van der Waals surface area (Å²) < 4.78 is 4.57. The number of aromatic nitrogens is 3. The van der Waals surface area contributed by atoms with Gasteiger partial charge >= 0.3 is 5.97 Å². The van der Waals surface area contributed by atoms with Crippen molar-refractivity contribution in [1.82, 2.24) is 15.2 Å². The Labute approximate surface area is 102 Å². The van der Waals surface area contributed by atoms with Gasteiger partial charge in [-0.1, -0.05) is 0 Å². The van der Waals surface area contributed by atoms with Crippen LogP contribution in [0.1, 0.15) is 12.1 Å². The first-order valence-corrected chi connectivity index (χ1v) is 5.93. The maximum absolute atomic E-state index is 11.0. The number of ether oxygens (including phenoxy) is 1. The first-order valence-electron chi connectivity index (χ1n) is 5.05. The summed E-state index contributed by atoms with van der Waals surface area (Å²) in [4.78, 5) is 15.3. The van der Waals surface area contributed by atoms with Crippen molar-refractivity contribution in [3.63, 3.8) is 0 Å². The second-order valence-electron chi connectivity index (χ2n) is 3.33. The van der Waals surface area contributed by atoms with Crippen LogP contribution in [0.4, 0.5) is 10.8 Å². The smallest absolute Gasteiger partial charge is 0.305 e. The third kappa shape index (κ3) is 3.28. The average molecular weight is 252 g/mol. The lowest BCUT2D eigenvalue weighted by Gasteiger charge is -1.97. The van der Waals surface area contributed by atoms with Crippen LogP contribution < -0.4 is 5.32 Å². The van der Waals surface area contributed by atoms with E-state index >= 15 is 0 Å². The fourth-order valence-corrected chi connectivity index (χ4v) is 2.02. The Morgan fingerprint density at radius 1 is 1.65 bits per heavy atom. The topological polar surface area (TPSA) is 79.9 Å². The lowest BCUT2D eigenvalue weighted by Crippen LogP contribution is -2.02. The molecule has 0 saturated heterocycles. The van der Waals surface area contributed by atoms with Crippen molar-refractivity contribution in [3.8, 4) is 0 Å². The zero-order valence-corrected chi connectivity index (χ0v) is 10.1. The van der Waals surface area contributed by atoms with Crippen LogP contribution in [-0.4, -0.2) is 28.3 Å². The van der Waals surface area contributed by atoms with Gasteiger partial charge in [-0.15, -0.1) is 11.3 Å². The molecule has 0 atom stereocenters. The third-order valence-electron chi connectivity index (χ3n) is 2.11. The molecule has 0 saturated carbocycles. The van der Waals surface area contributed by atoms with Crippen LogP contribution in [0.3, 0.4) is 0 Å². The first kappa shape index (κ1) is 11.6. The van der Waals surface area contributed by atoms with Gasteiger partial charge in [0.25, 0.3) is 0 Å². The van der Waals surface area contributed by atoms with Gasteiger partial charge in [-0.2, -0.15) is 5.10 Å². The quantitative estimate of drug-likeness (QED) is 0.792. The summed E-state index contributed by atoms with van der Waals surface area (Å²) in [7, 11) is 1.38. The highest BCUT2D eigenvalue weighted by atomic mass is 32.1. The van der Waals surface area contributed by atoms with Crippen LogP contribution in [0.25, 0.3) is 0 Å². The molecule has 0 spiro atoms. The number of H-pyrrole nitrogens is 1. The van der Waals surface area contributed by atoms with Gasteiger partial charge in [0.05, 0.1) is 31.1 Å². The predicted molar refractivity (Wildman–Crippen MR) is 64.3 cm³/mol. The number of aryl methyl sites for hydroxylation is 1. The fraction of sp³-hybridized carbons (Fsp3) is 0.300. The van der Waals surface area contributed by atoms with Crippen molar-refractivity contribution in [3.05, 3.63) is 23.5 Å². The summed E-state index contributed by atoms with van der Waals surface area (Å²) in [6, 6.07) is 0. The van der Waals surface area contributed by atoms with E-state index in [-0.39, 0.29) is 5.97 Å². The average Bonchev–Trinajstić information content (AvgIpc) is 2.98. The Balaban J connectivity index is 1.90. The number of rotatable bonds is 5. The number of carbonyl (C=O) groups excluding carboxylic acids is 1. The molecular formula is C10H12N4O2S. The van der Waals surface area contributed by atoms with Gasteiger partial charge in [0.1, 0.15) is 0 Å². The number of carbonyl (C=O) groups is 1. The number of hydrogen-bond donors (Lipinski definition) is 2. The van der Waals surface area contributed by atoms with E-state index in [1.165, 1.54) is 18.4 Å². The van der Waals surface area contributed by atoms with Gasteiger partial charge in [0.2, 0.25) is 0 Å². The van der Waals surface area contributed by atoms with Crippen LogP contribution in [-0.2, 0) is 16.0 Å². The largest absolute Gasteiger partial charge is 0.469 e. The van der Waals surface area contributed by atoms with E-state index in [4.69, 9.17) is 0 Å². The van der Waals surface area contributed by atoms with E-state index in [0.717, 1.165) is 16.5 Å². The zero-order valence-electron chi connectivity index (χ0n) is 9.27. The van der Waals surface area contributed by atoms with E-state index < -0.39 is 0 Å². The van der Waals surface area contributed by atoms with Crippen LogP contribution in [0, 0.1) is 0 Å². The molecule has 0 radical (unpaired) electrons. The molecule has 0 unspecified atom stereocenters. The molecule has 6 nitrogen and oxygen atoms in total. The molecule has 0 aromatic carbocycles. The van der Waals surface area contributed by atoms with Gasteiger partial charge in [-0.3, -0.25) is 9.89 Å². The van der Waals surface area contributed by atoms with E-state index in [9.17, 15) is 4.79 Å². The summed E-state index contributed by atoms with van der Waals surface area (Å²) in [5.41, 5.74) is 1.74. The van der Waals surface area contributed by atoms with Crippen molar-refractivity contribution < 1.29 is 9.53 Å². The van der Waals surface area contributed by atoms with Crippen LogP contribution in [0.5, 0.6) is 0 Å². The highest BCUT2D eigenvalue weighted by molar-refractivity contribution is 7.13. The Kier molecular flexibility index (Phi) is 3.71. The fourth-order valence-electron chi connectivity index (χ4n) is 1.25. The van der Waals surface area contributed by atoms with E-state index in [0.29, 0.717) is 12.8 Å². The lowest BCUT2D eigenvalue weighted by molar-refractivity contribution is -0.140. The molecule has 2 aromatic rings. The van der Waals surface area contributed by atoms with E-state index in [2.05, 4.69) is 25.2 Å². The van der Waals surface area contributed by atoms with Crippen molar-refractivity contribution in [2.75, 3.05) is 12.4 Å². The molecular weight excluding hydrogens is 240 g/mol. The SMILES string of the molecule is COC(=O)CCc1csc(Nc2cn[nH]c2)n1. The minimum absolute atomic E-state index is 0.220. The van der Waals surface area contributed by atoms with Crippen molar-refractivity contribution >= 4 is 28.1 Å². The predicted octanol–water partition coefficient (Wildman–Crippen LogP) is 1.72. The van der Waals surface area contributed by atoms with Crippen molar-refractivity contribution in [2.45, 2.75) is 12.8 Å². The Morgan fingerprint density at radius 3 is 3.24 bits per heavy atom. The summed E-state index contributed by atoms with van der Waals surface area (Å²) in [6.45, 7) is 0. The Morgan fingerprint density at radius 2 is 2.53 bits per heavy atom. The van der Waals surface area contributed by atoms with Gasteiger partial charge in [-0.05, 0) is 0 Å². The number of esters is 1. The summed E-state index contributed by atoms with van der Waals surface area (Å²) in [5, 5.41) is 12.3. The molecule has 0 fully saturated rings. The number of thiazole rings is 1. The number of anilines is 2. The lowest BCUT2D eigenvalue weighted by atomic mass is 10.2. The third-order valence-corrected chi connectivity index (χ3v) is 2.92. The van der Waals surface area contributed by atoms with Crippen LogP contribution >= 0.6 is 11.3 Å². The number of aromatic amines is 1. The maximum atomic E-state index is 11.0. The molecule has 0 aliphatic carbocycles. The van der Waals surface area contributed by atoms with Gasteiger partial charge < -0.3 is 10.1 Å². The molecule has 0 amide bonds. The monoisotopic (exact) mass is 252 g/mol. The molecule has 0 aliphatic heterocycles. The maximum Gasteiger partial charge on any atom is 0.305 e. The first-order chi connectivity index (χ1) is 8.28. The van der Waals surface area contributed by atoms with Crippen molar-refractivity contribution in [1.29, 1.82) is 0 Å². The molecule has 0 bridgehead atoms. The molecule has 17 heavy (non-hydrogen) atoms. The number of hydrogen-bond acceptors (Lipinski definition) is 6. The zero-order chi connectivity index (χ0) is 12.1. The molecule has 2 aromatic heterocycles. The summed E-state index contributed by atoms with van der Waals surface area (Å²) in [5.74, 6) is -0.220. The minimum Gasteiger partial charge on any atom is -0.469 e. The van der Waals surface area contributed by atoms with Gasteiger partial charge in [0, 0.05) is 18.0 Å². The Bertz CT molecular complexity index is 480. The van der Waals surface area contributed by atoms with Crippen LogP contribution in [0.15, 0.2) is 17.8 Å². The standard InChI is InChI=1S/C10H12N4O2S/c1-16-9(15)3-2-7-6-17-10(13-7)14-8-4-11-12-5-8/h4-6H,2-3H2,1H3,(H,11,12)(H,13,14). The molecule has 7 heteroatoms. The van der Waals surface area contributed by atoms with E-state index in [1.807, 2.05) is 5.38 Å². The summed E-state index contributed by atoms with van der Waals surface area (Å²) in [6.07, 6.45) is 4.37. The van der Waals surface area contributed by atoms with Crippen molar-refractivity contribution in [2.24, 2.45) is 0 Å². The molecule has 2 heterocycles. The number of methoxy groups -OCH3 is 1. The minimum atomic E-state index is -0.220. The number of nitrogens with one attached hydrogen (secondary N) is 2. The summed E-state index contributed by atoms with van der Waals surface area (Å²) >= 11 is 1.49. The number of nitrogens with zero attached hydrogens (tertiary/aromatic N) is 2. The second-order valence-corrected chi connectivity index (χ2v) is 4.19.